The van der Waals surface area contributed by atoms with E-state index < -0.39 is 6.04 Å². The van der Waals surface area contributed by atoms with Crippen molar-refractivity contribution in [3.8, 4) is 0 Å². The van der Waals surface area contributed by atoms with Gasteiger partial charge in [0.1, 0.15) is 0 Å². The van der Waals surface area contributed by atoms with Crippen LogP contribution in [0.1, 0.15) is 49.0 Å². The number of nitrogens with zero attached hydrogens (tertiary/aromatic N) is 1. The Labute approximate surface area is 119 Å². The van der Waals surface area contributed by atoms with Crippen molar-refractivity contribution in [2.45, 2.75) is 45.6 Å². The van der Waals surface area contributed by atoms with Crippen LogP contribution in [0.15, 0.2) is 18.2 Å². The van der Waals surface area contributed by atoms with Crippen LogP contribution in [-0.2, 0) is 11.2 Å². The number of nitrogens with two attached hydrogens (primary N) is 1. The average molecular weight is 274 g/mol. The number of rotatable bonds is 4. The number of amides is 1. The van der Waals surface area contributed by atoms with E-state index in [0.717, 1.165) is 37.1 Å². The number of hydrogen-bond donors (Lipinski definition) is 1. The first-order valence-corrected chi connectivity index (χ1v) is 7.27. The lowest BCUT2D eigenvalue weighted by molar-refractivity contribution is -0.118. The van der Waals surface area contributed by atoms with Crippen molar-refractivity contribution in [3.63, 3.8) is 0 Å². The predicted molar refractivity (Wildman–Crippen MR) is 80.0 cm³/mol. The summed E-state index contributed by atoms with van der Waals surface area (Å²) in [6.45, 7) is 4.47. The third-order valence-electron chi connectivity index (χ3n) is 3.66. The van der Waals surface area contributed by atoms with E-state index >= 15 is 0 Å². The van der Waals surface area contributed by atoms with Crippen LogP contribution in [-0.4, -0.2) is 24.3 Å². The summed E-state index contributed by atoms with van der Waals surface area (Å²) < 4.78 is 0. The Kier molecular flexibility index (Phi) is 4.55. The van der Waals surface area contributed by atoms with Crippen LogP contribution in [0, 0.1) is 0 Å². The summed E-state index contributed by atoms with van der Waals surface area (Å²) in [5.74, 6) is 0.115. The Morgan fingerprint density at radius 1 is 1.40 bits per heavy atom. The fourth-order valence-corrected chi connectivity index (χ4v) is 2.62. The molecule has 0 spiro atoms. The second kappa shape index (κ2) is 6.18. The van der Waals surface area contributed by atoms with E-state index in [4.69, 9.17) is 5.73 Å². The van der Waals surface area contributed by atoms with Crippen LogP contribution in [0.25, 0.3) is 0 Å². The van der Waals surface area contributed by atoms with Crippen LogP contribution < -0.4 is 10.6 Å². The van der Waals surface area contributed by atoms with E-state index in [2.05, 4.69) is 0 Å². The molecular weight excluding hydrogens is 252 g/mol. The molecule has 20 heavy (non-hydrogen) atoms. The Bertz CT molecular complexity index is 523. The van der Waals surface area contributed by atoms with Gasteiger partial charge in [-0.05, 0) is 49.9 Å². The molecule has 2 N–H and O–H groups in total. The highest BCUT2D eigenvalue weighted by molar-refractivity contribution is 6.01. The van der Waals surface area contributed by atoms with Gasteiger partial charge in [0.05, 0.1) is 6.04 Å². The molecule has 2 rings (SSSR count). The third kappa shape index (κ3) is 2.90. The van der Waals surface area contributed by atoms with Crippen molar-refractivity contribution in [2.75, 3.05) is 11.4 Å². The van der Waals surface area contributed by atoms with Gasteiger partial charge in [-0.2, -0.15) is 0 Å². The van der Waals surface area contributed by atoms with Gasteiger partial charge in [-0.15, -0.1) is 0 Å². The highest BCUT2D eigenvalue weighted by Gasteiger charge is 2.23. The van der Waals surface area contributed by atoms with E-state index in [-0.39, 0.29) is 11.7 Å². The Balaban J connectivity index is 2.30. The number of Topliss-reactive ketones (excluding diaryl/α,β-unsaturated/α-hetero) is 1. The molecule has 0 saturated heterocycles. The molecule has 0 saturated carbocycles. The monoisotopic (exact) mass is 274 g/mol. The zero-order chi connectivity index (χ0) is 14.7. The molecule has 1 aliphatic rings. The van der Waals surface area contributed by atoms with Crippen molar-refractivity contribution >= 4 is 17.4 Å². The lowest BCUT2D eigenvalue weighted by Gasteiger charge is -2.30. The highest BCUT2D eigenvalue weighted by Crippen LogP contribution is 2.29. The highest BCUT2D eigenvalue weighted by atomic mass is 16.2. The third-order valence-corrected chi connectivity index (χ3v) is 3.66. The van der Waals surface area contributed by atoms with E-state index in [9.17, 15) is 9.59 Å². The molecule has 4 heteroatoms. The number of benzene rings is 1. The zero-order valence-electron chi connectivity index (χ0n) is 12.2. The Morgan fingerprint density at radius 2 is 2.15 bits per heavy atom. The molecule has 0 radical (unpaired) electrons. The number of anilines is 1. The minimum Gasteiger partial charge on any atom is -0.321 e. The van der Waals surface area contributed by atoms with Gasteiger partial charge < -0.3 is 10.6 Å². The number of ketones is 1. The van der Waals surface area contributed by atoms with Gasteiger partial charge >= 0.3 is 0 Å². The van der Waals surface area contributed by atoms with Crippen molar-refractivity contribution < 1.29 is 9.59 Å². The molecule has 1 aliphatic heterocycles. The van der Waals surface area contributed by atoms with Crippen LogP contribution >= 0.6 is 0 Å². The molecular formula is C16H22N2O2. The van der Waals surface area contributed by atoms with Crippen LogP contribution in [0.5, 0.6) is 0 Å². The van der Waals surface area contributed by atoms with Gasteiger partial charge in [-0.3, -0.25) is 9.59 Å². The molecule has 0 aromatic heterocycles. The molecule has 1 amide bonds. The maximum absolute atomic E-state index is 12.1. The van der Waals surface area contributed by atoms with Crippen molar-refractivity contribution in [1.82, 2.24) is 0 Å². The first kappa shape index (κ1) is 14.7. The molecule has 108 valence electrons. The van der Waals surface area contributed by atoms with Crippen molar-refractivity contribution in [1.29, 1.82) is 0 Å². The first-order valence-electron chi connectivity index (χ1n) is 7.27. The van der Waals surface area contributed by atoms with E-state index in [1.807, 2.05) is 24.0 Å². The maximum Gasteiger partial charge on any atom is 0.226 e. The zero-order valence-corrected chi connectivity index (χ0v) is 12.2. The maximum atomic E-state index is 12.1. The molecule has 1 aromatic carbocycles. The molecule has 0 fully saturated rings. The summed E-state index contributed by atoms with van der Waals surface area (Å²) in [7, 11) is 0. The number of carbonyl (C=O) groups excluding carboxylic acids is 2. The SMILES string of the molecule is CCCC(=O)N1CCCc2cc(C(=O)C(C)N)ccc21. The largest absolute Gasteiger partial charge is 0.321 e. The summed E-state index contributed by atoms with van der Waals surface area (Å²) in [5.41, 5.74) is 8.32. The quantitative estimate of drug-likeness (QED) is 0.857. The fraction of sp³-hybridized carbons (Fsp3) is 0.500. The van der Waals surface area contributed by atoms with Gasteiger partial charge in [0, 0.05) is 24.2 Å². The molecule has 1 aromatic rings. The lowest BCUT2D eigenvalue weighted by Crippen LogP contribution is -2.35. The van der Waals surface area contributed by atoms with Gasteiger partial charge in [-0.25, -0.2) is 0 Å². The minimum atomic E-state index is -0.491. The predicted octanol–water partition coefficient (Wildman–Crippen LogP) is 2.30. The molecule has 1 atom stereocenters. The average Bonchev–Trinajstić information content (AvgIpc) is 2.45. The van der Waals surface area contributed by atoms with E-state index in [1.165, 1.54) is 0 Å². The molecule has 0 bridgehead atoms. The standard InChI is InChI=1S/C16H22N2O2/c1-3-5-15(19)18-9-4-6-12-10-13(7-8-14(12)18)16(20)11(2)17/h7-8,10-11H,3-6,9,17H2,1-2H3. The van der Waals surface area contributed by atoms with Gasteiger partial charge in [-0.1, -0.05) is 6.92 Å². The Hall–Kier alpha value is -1.68. The summed E-state index contributed by atoms with van der Waals surface area (Å²) in [6.07, 6.45) is 3.27. The Morgan fingerprint density at radius 3 is 2.80 bits per heavy atom. The number of carbonyl (C=O) groups is 2. The van der Waals surface area contributed by atoms with Crippen LogP contribution in [0.2, 0.25) is 0 Å². The summed E-state index contributed by atoms with van der Waals surface area (Å²) >= 11 is 0. The molecule has 1 heterocycles. The summed E-state index contributed by atoms with van der Waals surface area (Å²) in [6, 6.07) is 5.07. The molecule has 0 aliphatic carbocycles. The van der Waals surface area contributed by atoms with Gasteiger partial charge in [0.15, 0.2) is 5.78 Å². The number of aryl methyl sites for hydroxylation is 1. The van der Waals surface area contributed by atoms with E-state index in [0.29, 0.717) is 12.0 Å². The first-order chi connectivity index (χ1) is 9.54. The van der Waals surface area contributed by atoms with Crippen LogP contribution in [0.3, 0.4) is 0 Å². The second-order valence-electron chi connectivity index (χ2n) is 5.40. The summed E-state index contributed by atoms with van der Waals surface area (Å²) in [5, 5.41) is 0. The smallest absolute Gasteiger partial charge is 0.226 e. The van der Waals surface area contributed by atoms with Crippen molar-refractivity contribution in [2.24, 2.45) is 5.73 Å². The lowest BCUT2D eigenvalue weighted by atomic mass is 9.96. The van der Waals surface area contributed by atoms with E-state index in [1.54, 1.807) is 13.0 Å². The normalized spacial score (nSPS) is 15.7. The van der Waals surface area contributed by atoms with Gasteiger partial charge in [0.25, 0.3) is 0 Å². The minimum absolute atomic E-state index is 0.0511. The van der Waals surface area contributed by atoms with Crippen LogP contribution in [0.4, 0.5) is 5.69 Å². The molecule has 1 unspecified atom stereocenters. The number of fused-ring (bicyclic) bond motifs is 1. The summed E-state index contributed by atoms with van der Waals surface area (Å²) in [4.78, 5) is 25.9. The topological polar surface area (TPSA) is 63.4 Å². The number of hydrogen-bond acceptors (Lipinski definition) is 3. The second-order valence-corrected chi connectivity index (χ2v) is 5.40. The fourth-order valence-electron chi connectivity index (χ4n) is 2.62. The van der Waals surface area contributed by atoms with Gasteiger partial charge in [0.2, 0.25) is 5.91 Å². The molecule has 4 nitrogen and oxygen atoms in total. The van der Waals surface area contributed by atoms with Crippen molar-refractivity contribution in [3.05, 3.63) is 29.3 Å².